The van der Waals surface area contributed by atoms with Crippen molar-refractivity contribution in [3.05, 3.63) is 0 Å². The van der Waals surface area contributed by atoms with Gasteiger partial charge in [-0.2, -0.15) is 0 Å². The van der Waals surface area contributed by atoms with Gasteiger partial charge in [-0.15, -0.1) is 0 Å². The smallest absolute Gasteiger partial charge is 0.404 e. The lowest BCUT2D eigenvalue weighted by Gasteiger charge is -2.11. The molecule has 0 rings (SSSR count). The average Bonchev–Trinajstić information content (AvgIpc) is 1.98. The number of ether oxygens (including phenoxy) is 1. The van der Waals surface area contributed by atoms with Crippen molar-refractivity contribution in [3.63, 3.8) is 0 Å². The van der Waals surface area contributed by atoms with Gasteiger partial charge < -0.3 is 15.8 Å². The van der Waals surface area contributed by atoms with Crippen LogP contribution in [0.2, 0.25) is 0 Å². The van der Waals surface area contributed by atoms with E-state index >= 15 is 0 Å². The Bertz CT molecular complexity index is 128. The Balaban J connectivity index is 3.13. The molecule has 0 radical (unpaired) electrons. The molecular formula is C8H18N2O2. The minimum absolute atomic E-state index is 0.351. The Morgan fingerprint density at radius 2 is 2.33 bits per heavy atom. The number of hydrogen-bond acceptors (Lipinski definition) is 3. The van der Waals surface area contributed by atoms with E-state index < -0.39 is 6.09 Å². The van der Waals surface area contributed by atoms with Gasteiger partial charge in [-0.1, -0.05) is 13.3 Å². The number of amides is 1. The van der Waals surface area contributed by atoms with Gasteiger partial charge in [0.1, 0.15) is 6.61 Å². The summed E-state index contributed by atoms with van der Waals surface area (Å²) in [6.07, 6.45) is 1.58. The maximum Gasteiger partial charge on any atom is 0.404 e. The minimum Gasteiger partial charge on any atom is -0.448 e. The third-order valence-electron chi connectivity index (χ3n) is 1.56. The van der Waals surface area contributed by atoms with Crippen LogP contribution < -0.4 is 11.1 Å². The molecule has 0 aliphatic carbocycles. The van der Waals surface area contributed by atoms with Gasteiger partial charge >= 0.3 is 6.09 Å². The molecule has 0 bridgehead atoms. The van der Waals surface area contributed by atoms with E-state index in [1.54, 1.807) is 0 Å². The number of primary amides is 1. The molecule has 4 heteroatoms. The van der Waals surface area contributed by atoms with E-state index in [0.717, 1.165) is 12.8 Å². The molecule has 0 saturated carbocycles. The van der Waals surface area contributed by atoms with E-state index in [0.29, 0.717) is 19.2 Å². The first-order valence-corrected chi connectivity index (χ1v) is 4.32. The predicted molar refractivity (Wildman–Crippen MR) is 47.9 cm³/mol. The van der Waals surface area contributed by atoms with Crippen LogP contribution in [0.3, 0.4) is 0 Å². The summed E-state index contributed by atoms with van der Waals surface area (Å²) in [5.74, 6) is 0. The molecule has 4 nitrogen and oxygen atoms in total. The highest BCUT2D eigenvalue weighted by atomic mass is 16.5. The van der Waals surface area contributed by atoms with Crippen molar-refractivity contribution < 1.29 is 9.53 Å². The second-order valence-electron chi connectivity index (χ2n) is 2.81. The molecule has 0 aromatic carbocycles. The molecule has 0 aliphatic heterocycles. The fraction of sp³-hybridized carbons (Fsp3) is 0.875. The molecule has 12 heavy (non-hydrogen) atoms. The summed E-state index contributed by atoms with van der Waals surface area (Å²) in [7, 11) is 0. The third-order valence-corrected chi connectivity index (χ3v) is 1.56. The Morgan fingerprint density at radius 1 is 1.67 bits per heavy atom. The van der Waals surface area contributed by atoms with Gasteiger partial charge in [-0.3, -0.25) is 0 Å². The molecule has 0 heterocycles. The molecular weight excluding hydrogens is 156 g/mol. The van der Waals surface area contributed by atoms with Gasteiger partial charge in [0.25, 0.3) is 0 Å². The molecule has 1 atom stereocenters. The molecule has 0 spiro atoms. The first kappa shape index (κ1) is 11.2. The molecule has 1 unspecified atom stereocenters. The molecule has 0 aromatic rings. The molecule has 0 aromatic heterocycles. The summed E-state index contributed by atoms with van der Waals surface area (Å²) in [6.45, 7) is 5.26. The number of nitrogens with two attached hydrogens (primary N) is 1. The largest absolute Gasteiger partial charge is 0.448 e. The van der Waals surface area contributed by atoms with Crippen molar-refractivity contribution in [2.24, 2.45) is 5.73 Å². The first-order chi connectivity index (χ1) is 5.66. The minimum atomic E-state index is -0.708. The van der Waals surface area contributed by atoms with Crippen LogP contribution in [0.1, 0.15) is 26.7 Å². The Hall–Kier alpha value is -0.770. The zero-order valence-electron chi connectivity index (χ0n) is 7.80. The van der Waals surface area contributed by atoms with E-state index in [4.69, 9.17) is 5.73 Å². The van der Waals surface area contributed by atoms with Crippen LogP contribution in [0.5, 0.6) is 0 Å². The molecule has 0 fully saturated rings. The van der Waals surface area contributed by atoms with Crippen molar-refractivity contribution in [3.8, 4) is 0 Å². The van der Waals surface area contributed by atoms with Gasteiger partial charge in [-0.25, -0.2) is 4.79 Å². The predicted octanol–water partition coefficient (Wildman–Crippen LogP) is 0.860. The maximum absolute atomic E-state index is 10.1. The van der Waals surface area contributed by atoms with Gasteiger partial charge in [0.05, 0.1) is 0 Å². The van der Waals surface area contributed by atoms with E-state index in [-0.39, 0.29) is 0 Å². The highest BCUT2D eigenvalue weighted by molar-refractivity contribution is 5.64. The SMILES string of the molecule is CCCC(C)NCCOC(N)=O. The van der Waals surface area contributed by atoms with Crippen molar-refractivity contribution in [1.82, 2.24) is 5.32 Å². The molecule has 1 amide bonds. The first-order valence-electron chi connectivity index (χ1n) is 4.32. The van der Waals surface area contributed by atoms with Gasteiger partial charge in [0.15, 0.2) is 0 Å². The Morgan fingerprint density at radius 3 is 2.83 bits per heavy atom. The molecule has 0 saturated heterocycles. The zero-order chi connectivity index (χ0) is 9.40. The van der Waals surface area contributed by atoms with Crippen LogP contribution >= 0.6 is 0 Å². The molecule has 0 aliphatic rings. The number of carbonyl (C=O) groups is 1. The second kappa shape index (κ2) is 6.91. The number of hydrogen-bond donors (Lipinski definition) is 2. The van der Waals surface area contributed by atoms with Crippen molar-refractivity contribution >= 4 is 6.09 Å². The van der Waals surface area contributed by atoms with E-state index in [1.165, 1.54) is 0 Å². The summed E-state index contributed by atoms with van der Waals surface area (Å²) in [4.78, 5) is 10.1. The van der Waals surface area contributed by atoms with Crippen LogP contribution in [0.25, 0.3) is 0 Å². The lowest BCUT2D eigenvalue weighted by Crippen LogP contribution is -2.30. The summed E-state index contributed by atoms with van der Waals surface area (Å²) in [5.41, 5.74) is 4.78. The van der Waals surface area contributed by atoms with Crippen molar-refractivity contribution in [1.29, 1.82) is 0 Å². The highest BCUT2D eigenvalue weighted by Crippen LogP contribution is 1.93. The van der Waals surface area contributed by atoms with Crippen LogP contribution in [-0.4, -0.2) is 25.3 Å². The zero-order valence-corrected chi connectivity index (χ0v) is 7.80. The van der Waals surface area contributed by atoms with E-state index in [1.807, 2.05) is 0 Å². The third kappa shape index (κ3) is 7.34. The fourth-order valence-electron chi connectivity index (χ4n) is 0.992. The average molecular weight is 174 g/mol. The number of nitrogens with one attached hydrogen (secondary N) is 1. The number of carbonyl (C=O) groups excluding carboxylic acids is 1. The van der Waals surface area contributed by atoms with Crippen LogP contribution in [0.15, 0.2) is 0 Å². The lowest BCUT2D eigenvalue weighted by molar-refractivity contribution is 0.156. The summed E-state index contributed by atoms with van der Waals surface area (Å²) in [6, 6.07) is 0.478. The van der Waals surface area contributed by atoms with Gasteiger partial charge in [0.2, 0.25) is 0 Å². The normalized spacial score (nSPS) is 12.5. The Kier molecular flexibility index (Phi) is 6.47. The van der Waals surface area contributed by atoms with Crippen LogP contribution in [0, 0.1) is 0 Å². The van der Waals surface area contributed by atoms with Gasteiger partial charge in [-0.05, 0) is 13.3 Å². The molecule has 72 valence electrons. The highest BCUT2D eigenvalue weighted by Gasteiger charge is 1.98. The number of rotatable bonds is 6. The van der Waals surface area contributed by atoms with Crippen molar-refractivity contribution in [2.75, 3.05) is 13.2 Å². The fourth-order valence-corrected chi connectivity index (χ4v) is 0.992. The van der Waals surface area contributed by atoms with Crippen molar-refractivity contribution in [2.45, 2.75) is 32.7 Å². The topological polar surface area (TPSA) is 64.3 Å². The summed E-state index contributed by atoms with van der Waals surface area (Å²) >= 11 is 0. The van der Waals surface area contributed by atoms with Gasteiger partial charge in [0, 0.05) is 12.6 Å². The van der Waals surface area contributed by atoms with Crippen LogP contribution in [0.4, 0.5) is 4.79 Å². The quantitative estimate of drug-likeness (QED) is 0.587. The summed E-state index contributed by atoms with van der Waals surface area (Å²) < 4.78 is 4.55. The summed E-state index contributed by atoms with van der Waals surface area (Å²) in [5, 5.41) is 3.21. The maximum atomic E-state index is 10.1. The monoisotopic (exact) mass is 174 g/mol. The second-order valence-corrected chi connectivity index (χ2v) is 2.81. The van der Waals surface area contributed by atoms with E-state index in [9.17, 15) is 4.79 Å². The van der Waals surface area contributed by atoms with Crippen LogP contribution in [-0.2, 0) is 4.74 Å². The Labute approximate surface area is 73.5 Å². The standard InChI is InChI=1S/C8H18N2O2/c1-3-4-7(2)10-5-6-12-8(9)11/h7,10H,3-6H2,1-2H3,(H2,9,11). The lowest BCUT2D eigenvalue weighted by atomic mass is 10.2. The molecule has 3 N–H and O–H groups in total. The van der Waals surface area contributed by atoms with E-state index in [2.05, 4.69) is 23.9 Å².